The lowest BCUT2D eigenvalue weighted by Crippen LogP contribution is -2.58. The maximum atomic E-state index is 13.7. The van der Waals surface area contributed by atoms with Crippen LogP contribution in [0.3, 0.4) is 0 Å². The molecule has 0 spiro atoms. The SMILES string of the molecule is [C-]#[N+][C@]1(CO[Si](C)(C)C(C)(C)C)O[C@@H](n2ccc(-n3cncn3)nc2=O)C(O[Si](C)(C)C(C)(C)C)[C@@H]1O[Si](C)(C)C(C)(C)C. The van der Waals surface area contributed by atoms with Gasteiger partial charge in [-0.15, -0.1) is 0 Å². The van der Waals surface area contributed by atoms with Crippen molar-refractivity contribution < 1.29 is 18.0 Å². The van der Waals surface area contributed by atoms with Gasteiger partial charge in [-0.05, 0) is 60.5 Å². The highest BCUT2D eigenvalue weighted by molar-refractivity contribution is 6.75. The molecule has 3 heterocycles. The second kappa shape index (κ2) is 12.0. The van der Waals surface area contributed by atoms with Crippen LogP contribution in [-0.2, 0) is 18.0 Å². The summed E-state index contributed by atoms with van der Waals surface area (Å²) in [6.07, 6.45) is 1.93. The van der Waals surface area contributed by atoms with E-state index in [-0.39, 0.29) is 21.7 Å². The van der Waals surface area contributed by atoms with Gasteiger partial charge in [-0.3, -0.25) is 14.1 Å². The van der Waals surface area contributed by atoms with Crippen molar-refractivity contribution in [2.75, 3.05) is 6.61 Å². The molecule has 3 rings (SSSR count). The number of rotatable bonds is 9. The highest BCUT2D eigenvalue weighted by Crippen LogP contribution is 2.50. The molecule has 0 radical (unpaired) electrons. The molecule has 0 saturated carbocycles. The summed E-state index contributed by atoms with van der Waals surface area (Å²) < 4.78 is 30.6. The topological polar surface area (TPSA) is 107 Å². The first-order chi connectivity index (χ1) is 19.8. The van der Waals surface area contributed by atoms with Gasteiger partial charge < -0.3 is 13.3 Å². The number of nitrogens with zero attached hydrogens (tertiary/aromatic N) is 6. The van der Waals surface area contributed by atoms with Crippen molar-refractivity contribution in [3.05, 3.63) is 46.8 Å². The van der Waals surface area contributed by atoms with E-state index >= 15 is 0 Å². The van der Waals surface area contributed by atoms with Crippen molar-refractivity contribution in [3.8, 4) is 5.82 Å². The molecule has 11 nitrogen and oxygen atoms in total. The Labute approximate surface area is 266 Å². The van der Waals surface area contributed by atoms with Gasteiger partial charge in [0.1, 0.15) is 25.4 Å². The van der Waals surface area contributed by atoms with E-state index < -0.39 is 54.8 Å². The Morgan fingerprint density at radius 2 is 1.48 bits per heavy atom. The van der Waals surface area contributed by atoms with Crippen LogP contribution in [0, 0.1) is 6.57 Å². The summed E-state index contributed by atoms with van der Waals surface area (Å²) in [6, 6.07) is 1.68. The second-order valence-electron chi connectivity index (χ2n) is 16.5. The minimum Gasteiger partial charge on any atom is -0.406 e. The average Bonchev–Trinajstić information content (AvgIpc) is 3.49. The van der Waals surface area contributed by atoms with Crippen LogP contribution < -0.4 is 5.69 Å². The first-order valence-corrected chi connectivity index (χ1v) is 24.0. The van der Waals surface area contributed by atoms with Crippen molar-refractivity contribution in [3.63, 3.8) is 0 Å². The maximum absolute atomic E-state index is 13.7. The molecule has 0 amide bonds. The van der Waals surface area contributed by atoms with Crippen molar-refractivity contribution in [1.29, 1.82) is 0 Å². The fourth-order valence-corrected chi connectivity index (χ4v) is 7.63. The second-order valence-corrected chi connectivity index (χ2v) is 30.8. The number of ether oxygens (including phenoxy) is 1. The minimum atomic E-state index is -2.49. The van der Waals surface area contributed by atoms with Crippen LogP contribution in [0.2, 0.25) is 54.4 Å². The third-order valence-electron chi connectivity index (χ3n) is 10.2. The predicted octanol–water partition coefficient (Wildman–Crippen LogP) is 6.77. The monoisotopic (exact) mass is 662 g/mol. The quantitative estimate of drug-likeness (QED) is 0.214. The first-order valence-electron chi connectivity index (χ1n) is 15.3. The molecule has 1 aliphatic heterocycles. The Kier molecular flexibility index (Phi) is 9.93. The fourth-order valence-electron chi connectivity index (χ4n) is 4.05. The zero-order valence-corrected chi connectivity index (χ0v) is 32.5. The van der Waals surface area contributed by atoms with Gasteiger partial charge in [0.05, 0.1) is 0 Å². The predicted molar refractivity (Wildman–Crippen MR) is 180 cm³/mol. The summed E-state index contributed by atoms with van der Waals surface area (Å²) in [5.74, 6) is 0.329. The molecule has 1 saturated heterocycles. The third-order valence-corrected chi connectivity index (χ3v) is 23.6. The molecule has 1 aliphatic rings. The van der Waals surface area contributed by atoms with Gasteiger partial charge >= 0.3 is 11.4 Å². The molecule has 44 heavy (non-hydrogen) atoms. The molecule has 2 aromatic rings. The normalized spacial score (nSPS) is 24.0. The van der Waals surface area contributed by atoms with Crippen molar-refractivity contribution >= 4 is 25.0 Å². The highest BCUT2D eigenvalue weighted by Gasteiger charge is 2.67. The van der Waals surface area contributed by atoms with Crippen LogP contribution in [0.5, 0.6) is 0 Å². The minimum absolute atomic E-state index is 0.000632. The van der Waals surface area contributed by atoms with E-state index in [9.17, 15) is 4.79 Å². The van der Waals surface area contributed by atoms with Crippen LogP contribution in [-0.4, -0.2) is 73.8 Å². The highest BCUT2D eigenvalue weighted by atomic mass is 28.4. The largest absolute Gasteiger partial charge is 0.406 e. The molecule has 0 aliphatic carbocycles. The van der Waals surface area contributed by atoms with Crippen LogP contribution in [0.1, 0.15) is 68.5 Å². The molecule has 2 aromatic heterocycles. The first kappa shape index (κ1) is 36.5. The molecule has 246 valence electrons. The molecule has 1 unspecified atom stereocenters. The Balaban J connectivity index is 2.25. The standard InChI is InChI=1S/C30H54N6O5Si3/c1-27(2,3)42(11,12)38-19-30(31-10)24(41-44(15,16)29(7,8)9)23(40-43(13,14)28(4,5)6)25(39-30)35-18-17-22(34-26(35)37)36-21-32-20-33-36/h17-18,20-21,23-25H,19H2,1-9,11-16H3/t23?,24-,25+,30+/m0/s1. The summed E-state index contributed by atoms with van der Waals surface area (Å²) in [6.45, 7) is 41.0. The number of hydrogen-bond acceptors (Lipinski definition) is 8. The van der Waals surface area contributed by atoms with E-state index in [1.807, 2.05) is 0 Å². The fraction of sp³-hybridized carbons (Fsp3) is 0.767. The van der Waals surface area contributed by atoms with E-state index in [0.717, 1.165) is 0 Å². The number of hydrogen-bond donors (Lipinski definition) is 0. The van der Waals surface area contributed by atoms with Crippen molar-refractivity contribution in [2.24, 2.45) is 0 Å². The van der Waals surface area contributed by atoms with E-state index in [1.54, 1.807) is 12.3 Å². The van der Waals surface area contributed by atoms with E-state index in [2.05, 4.69) is 122 Å². The Morgan fingerprint density at radius 1 is 0.932 bits per heavy atom. The summed E-state index contributed by atoms with van der Waals surface area (Å²) in [5, 5.41) is 3.71. The maximum Gasteiger partial charge on any atom is 0.388 e. The van der Waals surface area contributed by atoms with Gasteiger partial charge in [0.15, 0.2) is 43.1 Å². The van der Waals surface area contributed by atoms with Crippen LogP contribution in [0.25, 0.3) is 10.7 Å². The van der Waals surface area contributed by atoms with Crippen molar-refractivity contribution in [1.82, 2.24) is 24.3 Å². The van der Waals surface area contributed by atoms with Gasteiger partial charge in [0.25, 0.3) is 0 Å². The van der Waals surface area contributed by atoms with Gasteiger partial charge in [0.2, 0.25) is 0 Å². The molecule has 0 bridgehead atoms. The zero-order chi connectivity index (χ0) is 33.7. The van der Waals surface area contributed by atoms with Gasteiger partial charge in [-0.25, -0.2) is 21.0 Å². The van der Waals surface area contributed by atoms with E-state index in [1.165, 1.54) is 21.9 Å². The van der Waals surface area contributed by atoms with Gasteiger partial charge in [-0.1, -0.05) is 62.3 Å². The van der Waals surface area contributed by atoms with E-state index in [0.29, 0.717) is 5.82 Å². The van der Waals surface area contributed by atoms with Crippen LogP contribution in [0.4, 0.5) is 0 Å². The Hall–Kier alpha value is -2.00. The molecule has 0 N–H and O–H groups in total. The molecule has 14 heteroatoms. The van der Waals surface area contributed by atoms with Gasteiger partial charge in [-0.2, -0.15) is 10.1 Å². The lowest BCUT2D eigenvalue weighted by atomic mass is 10.1. The van der Waals surface area contributed by atoms with Gasteiger partial charge in [0, 0.05) is 6.20 Å². The number of aromatic nitrogens is 5. The van der Waals surface area contributed by atoms with Crippen molar-refractivity contribution in [2.45, 2.75) is 141 Å². The molecule has 0 aromatic carbocycles. The summed E-state index contributed by atoms with van der Waals surface area (Å²) in [4.78, 5) is 26.1. The molecular weight excluding hydrogens is 609 g/mol. The van der Waals surface area contributed by atoms with E-state index in [4.69, 9.17) is 24.6 Å². The smallest absolute Gasteiger partial charge is 0.388 e. The molecular formula is C30H54N6O5Si3. The summed E-state index contributed by atoms with van der Waals surface area (Å²) in [5.41, 5.74) is -2.10. The molecule has 4 atom stereocenters. The molecule has 1 fully saturated rings. The third kappa shape index (κ3) is 7.19. The lowest BCUT2D eigenvalue weighted by Gasteiger charge is -2.44. The lowest BCUT2D eigenvalue weighted by molar-refractivity contribution is -0.0964. The van der Waals surface area contributed by atoms with Crippen LogP contribution >= 0.6 is 0 Å². The Bertz CT molecular complexity index is 1400. The summed E-state index contributed by atoms with van der Waals surface area (Å²) >= 11 is 0. The summed E-state index contributed by atoms with van der Waals surface area (Å²) in [7, 11) is -7.28. The average molecular weight is 663 g/mol. The van der Waals surface area contributed by atoms with Crippen LogP contribution in [0.15, 0.2) is 29.7 Å². The Morgan fingerprint density at radius 3 is 1.93 bits per heavy atom. The zero-order valence-electron chi connectivity index (χ0n) is 29.5.